The largest absolute Gasteiger partial charge is 0.396 e. The average Bonchev–Trinajstić information content (AvgIpc) is 2.67. The Bertz CT molecular complexity index is 273. The second kappa shape index (κ2) is 4.85. The lowest BCUT2D eigenvalue weighted by Crippen LogP contribution is -2.04. The molecule has 1 aromatic carbocycles. The molecular weight excluding hydrogens is 192 g/mol. The van der Waals surface area contributed by atoms with Crippen molar-refractivity contribution in [2.45, 2.75) is 4.90 Å². The summed E-state index contributed by atoms with van der Waals surface area (Å²) in [7, 11) is 0. The zero-order chi connectivity index (χ0) is 9.80. The van der Waals surface area contributed by atoms with E-state index in [0.717, 1.165) is 11.2 Å². The second-order valence-electron chi connectivity index (χ2n) is 2.99. The Morgan fingerprint density at radius 2 is 1.86 bits per heavy atom. The summed E-state index contributed by atoms with van der Waals surface area (Å²) in [6.45, 7) is 0.113. The number of rotatable bonds is 3. The van der Waals surface area contributed by atoms with Gasteiger partial charge in [0.15, 0.2) is 0 Å². The number of aliphatic hydroxyl groups excluding tert-OH is 1. The number of hydrogen-bond acceptors (Lipinski definition) is 2. The maximum atomic E-state index is 9.07. The van der Waals surface area contributed by atoms with Gasteiger partial charge in [-0.3, -0.25) is 0 Å². The van der Waals surface area contributed by atoms with Gasteiger partial charge in [0.2, 0.25) is 0 Å². The molecule has 0 unspecified atom stereocenters. The van der Waals surface area contributed by atoms with Crippen LogP contribution in [0, 0.1) is 30.4 Å². The van der Waals surface area contributed by atoms with Crippen LogP contribution in [0.25, 0.3) is 0 Å². The maximum Gasteiger partial charge on any atom is 0.0511 e. The fourth-order valence-corrected chi connectivity index (χ4v) is 2.24. The third-order valence-corrected chi connectivity index (χ3v) is 3.13. The molecule has 1 N–H and O–H groups in total. The molecule has 2 heteroatoms. The van der Waals surface area contributed by atoms with Crippen LogP contribution in [-0.2, 0) is 0 Å². The zero-order valence-corrected chi connectivity index (χ0v) is 8.50. The molecule has 2 rings (SSSR count). The second-order valence-corrected chi connectivity index (χ2v) is 4.10. The first-order valence-corrected chi connectivity index (χ1v) is 5.30. The predicted octanol–water partition coefficient (Wildman–Crippen LogP) is 2.50. The predicted molar refractivity (Wildman–Crippen MR) is 58.8 cm³/mol. The first kappa shape index (κ1) is 10.1. The summed E-state index contributed by atoms with van der Waals surface area (Å²) in [6, 6.07) is 10.2. The van der Waals surface area contributed by atoms with Crippen LogP contribution in [-0.4, -0.2) is 11.7 Å². The van der Waals surface area contributed by atoms with E-state index in [2.05, 4.69) is 12.1 Å². The molecule has 1 fully saturated rings. The molecule has 0 spiro atoms. The molecule has 1 aliphatic carbocycles. The number of aliphatic hydroxyl groups is 1. The van der Waals surface area contributed by atoms with E-state index in [1.54, 1.807) is 11.8 Å². The quantitative estimate of drug-likeness (QED) is 0.814. The van der Waals surface area contributed by atoms with Crippen LogP contribution in [0.3, 0.4) is 0 Å². The number of thioether (sulfide) groups is 1. The van der Waals surface area contributed by atoms with Gasteiger partial charge in [-0.25, -0.2) is 0 Å². The summed E-state index contributed by atoms with van der Waals surface area (Å²) in [6.07, 6.45) is 5.95. The zero-order valence-electron chi connectivity index (χ0n) is 7.68. The molecule has 0 amide bonds. The van der Waals surface area contributed by atoms with Crippen molar-refractivity contribution in [1.82, 2.24) is 0 Å². The lowest BCUT2D eigenvalue weighted by molar-refractivity contribution is 0.317. The van der Waals surface area contributed by atoms with Gasteiger partial charge in [-0.05, 0) is 31.4 Å². The van der Waals surface area contributed by atoms with Crippen molar-refractivity contribution in [3.05, 3.63) is 60.8 Å². The average molecular weight is 203 g/mol. The molecule has 1 nitrogen and oxygen atoms in total. The minimum Gasteiger partial charge on any atom is -0.396 e. The third-order valence-electron chi connectivity index (χ3n) is 2.00. The third kappa shape index (κ3) is 2.31. The van der Waals surface area contributed by atoms with E-state index < -0.39 is 0 Å². The fourth-order valence-electron chi connectivity index (χ4n) is 1.29. The molecule has 71 valence electrons. The van der Waals surface area contributed by atoms with E-state index in [-0.39, 0.29) is 6.61 Å². The van der Waals surface area contributed by atoms with Crippen LogP contribution >= 0.6 is 11.8 Å². The minimum absolute atomic E-state index is 0.113. The van der Waals surface area contributed by atoms with Crippen molar-refractivity contribution in [2.75, 3.05) is 6.61 Å². The van der Waals surface area contributed by atoms with Gasteiger partial charge in [0.1, 0.15) is 0 Å². The van der Waals surface area contributed by atoms with Crippen molar-refractivity contribution < 1.29 is 5.11 Å². The van der Waals surface area contributed by atoms with Crippen molar-refractivity contribution in [2.24, 2.45) is 0 Å². The Labute approximate surface area is 89.5 Å². The van der Waals surface area contributed by atoms with Gasteiger partial charge >= 0.3 is 0 Å². The molecular formula is C12H11OS. The fraction of sp³-hybridized carbons (Fsp3) is 0.0833. The standard InChI is InChI=1S/C12H11OS/c13-9-10-5-4-8-12(10)14-11-6-2-1-3-7-11/h1-8,13H,9H2. The molecule has 1 saturated carbocycles. The van der Waals surface area contributed by atoms with Crippen LogP contribution in [0.4, 0.5) is 0 Å². The number of hydrogen-bond donors (Lipinski definition) is 1. The van der Waals surface area contributed by atoms with E-state index in [0.29, 0.717) is 0 Å². The topological polar surface area (TPSA) is 20.2 Å². The summed E-state index contributed by atoms with van der Waals surface area (Å²) in [5.41, 5.74) is 0. The van der Waals surface area contributed by atoms with Gasteiger partial charge in [0.05, 0.1) is 6.61 Å². The summed E-state index contributed by atoms with van der Waals surface area (Å²) in [5.74, 6) is 0.999. The highest BCUT2D eigenvalue weighted by atomic mass is 32.2. The number of benzene rings is 1. The Hall–Kier alpha value is -0.470. The summed E-state index contributed by atoms with van der Waals surface area (Å²) >= 11 is 1.69. The van der Waals surface area contributed by atoms with Gasteiger partial charge in [-0.2, -0.15) is 0 Å². The van der Waals surface area contributed by atoms with Crippen LogP contribution in [0.5, 0.6) is 0 Å². The van der Waals surface area contributed by atoms with Crippen LogP contribution < -0.4 is 0 Å². The molecule has 0 atom stereocenters. The van der Waals surface area contributed by atoms with Gasteiger partial charge in [0, 0.05) is 16.1 Å². The molecule has 0 saturated heterocycles. The van der Waals surface area contributed by atoms with Crippen molar-refractivity contribution >= 4 is 11.8 Å². The van der Waals surface area contributed by atoms with E-state index in [1.165, 1.54) is 4.90 Å². The highest BCUT2D eigenvalue weighted by Gasteiger charge is 2.29. The highest BCUT2D eigenvalue weighted by molar-refractivity contribution is 8.02. The lowest BCUT2D eigenvalue weighted by atomic mass is 10.1. The van der Waals surface area contributed by atoms with E-state index in [1.807, 2.05) is 37.5 Å². The maximum absolute atomic E-state index is 9.07. The lowest BCUT2D eigenvalue weighted by Gasteiger charge is -2.14. The Morgan fingerprint density at radius 1 is 1.07 bits per heavy atom. The van der Waals surface area contributed by atoms with Crippen molar-refractivity contribution in [3.8, 4) is 0 Å². The molecule has 14 heavy (non-hydrogen) atoms. The monoisotopic (exact) mass is 203 g/mol. The molecule has 0 bridgehead atoms. The first-order chi connectivity index (χ1) is 6.90. The van der Waals surface area contributed by atoms with E-state index in [9.17, 15) is 0 Å². The summed E-state index contributed by atoms with van der Waals surface area (Å²) < 4.78 is 0. The first-order valence-electron chi connectivity index (χ1n) is 4.48. The van der Waals surface area contributed by atoms with Crippen LogP contribution in [0.1, 0.15) is 0 Å². The molecule has 1 aliphatic rings. The van der Waals surface area contributed by atoms with Gasteiger partial charge in [0.25, 0.3) is 0 Å². The Kier molecular flexibility index (Phi) is 3.49. The van der Waals surface area contributed by atoms with Crippen molar-refractivity contribution in [1.29, 1.82) is 0 Å². The van der Waals surface area contributed by atoms with Crippen molar-refractivity contribution in [3.63, 3.8) is 0 Å². The summed E-state index contributed by atoms with van der Waals surface area (Å²) in [4.78, 5) is 1.20. The Morgan fingerprint density at radius 3 is 2.57 bits per heavy atom. The van der Waals surface area contributed by atoms with Gasteiger partial charge in [-0.1, -0.05) is 18.2 Å². The van der Waals surface area contributed by atoms with E-state index >= 15 is 0 Å². The minimum atomic E-state index is 0.113. The molecule has 0 aliphatic heterocycles. The molecule has 0 aromatic heterocycles. The SMILES string of the molecule is OC[C]1[CH][CH][CH][C]1Sc1ccccc1. The van der Waals surface area contributed by atoms with Crippen LogP contribution in [0.2, 0.25) is 0 Å². The molecule has 0 heterocycles. The molecule has 1 aromatic rings. The Balaban J connectivity index is 1.97. The van der Waals surface area contributed by atoms with Gasteiger partial charge in [-0.15, -0.1) is 11.8 Å². The smallest absolute Gasteiger partial charge is 0.0511 e. The normalized spacial score (nSPS) is 18.9. The van der Waals surface area contributed by atoms with E-state index in [4.69, 9.17) is 5.11 Å². The summed E-state index contributed by atoms with van der Waals surface area (Å²) in [5, 5.41) is 10.2. The van der Waals surface area contributed by atoms with Gasteiger partial charge < -0.3 is 5.11 Å². The van der Waals surface area contributed by atoms with Crippen LogP contribution in [0.15, 0.2) is 35.2 Å². The highest BCUT2D eigenvalue weighted by Crippen LogP contribution is 2.44. The molecule has 5 radical (unpaired) electrons.